The van der Waals surface area contributed by atoms with Crippen molar-refractivity contribution in [3.63, 3.8) is 0 Å². The second-order valence-corrected chi connectivity index (χ2v) is 6.71. The minimum atomic E-state index is 0.415. The maximum absolute atomic E-state index is 3.65. The fraction of sp³-hybridized carbons (Fsp3) is 0.625. The van der Waals surface area contributed by atoms with Crippen molar-refractivity contribution in [1.29, 1.82) is 0 Å². The Hall–Kier alpha value is -0.380. The Labute approximate surface area is 125 Å². The second-order valence-electron chi connectivity index (χ2n) is 5.80. The predicted molar refractivity (Wildman–Crippen MR) is 85.4 cm³/mol. The third-order valence-corrected chi connectivity index (χ3v) is 4.38. The lowest BCUT2D eigenvalue weighted by Gasteiger charge is -2.22. The zero-order valence-electron chi connectivity index (χ0n) is 12.0. The molecule has 0 radical (unpaired) electrons. The molecule has 0 saturated carbocycles. The molecule has 106 valence electrons. The SMILES string of the molecule is CC(CNC(C)c1cccc(Br)c1)CN1CCCC1. The smallest absolute Gasteiger partial charge is 0.0292 e. The van der Waals surface area contributed by atoms with Gasteiger partial charge in [-0.3, -0.25) is 0 Å². The maximum Gasteiger partial charge on any atom is 0.0292 e. The van der Waals surface area contributed by atoms with E-state index in [9.17, 15) is 0 Å². The van der Waals surface area contributed by atoms with E-state index in [0.29, 0.717) is 12.0 Å². The van der Waals surface area contributed by atoms with Crippen LogP contribution < -0.4 is 5.32 Å². The van der Waals surface area contributed by atoms with E-state index in [2.05, 4.69) is 64.3 Å². The van der Waals surface area contributed by atoms with Gasteiger partial charge in [-0.2, -0.15) is 0 Å². The average Bonchev–Trinajstić information content (AvgIpc) is 2.88. The first-order valence-corrected chi connectivity index (χ1v) is 8.15. The number of nitrogens with zero attached hydrogens (tertiary/aromatic N) is 1. The van der Waals surface area contributed by atoms with E-state index in [-0.39, 0.29) is 0 Å². The Balaban J connectivity index is 1.74. The van der Waals surface area contributed by atoms with Gasteiger partial charge in [0.15, 0.2) is 0 Å². The number of hydrogen-bond acceptors (Lipinski definition) is 2. The summed E-state index contributed by atoms with van der Waals surface area (Å²) in [7, 11) is 0. The van der Waals surface area contributed by atoms with Crippen molar-refractivity contribution >= 4 is 15.9 Å². The molecule has 1 aliphatic heterocycles. The molecule has 2 rings (SSSR count). The third kappa shape index (κ3) is 4.90. The van der Waals surface area contributed by atoms with Crippen molar-refractivity contribution in [2.45, 2.75) is 32.7 Å². The van der Waals surface area contributed by atoms with Crippen LogP contribution in [0.1, 0.15) is 38.3 Å². The number of likely N-dealkylation sites (tertiary alicyclic amines) is 1. The monoisotopic (exact) mass is 324 g/mol. The van der Waals surface area contributed by atoms with Crippen LogP contribution in [0, 0.1) is 5.92 Å². The Morgan fingerprint density at radius 3 is 2.68 bits per heavy atom. The van der Waals surface area contributed by atoms with Gasteiger partial charge < -0.3 is 10.2 Å². The molecular formula is C16H25BrN2. The molecule has 0 aromatic heterocycles. The van der Waals surface area contributed by atoms with Crippen molar-refractivity contribution in [3.8, 4) is 0 Å². The predicted octanol–water partition coefficient (Wildman–Crippen LogP) is 3.83. The molecule has 1 aromatic rings. The number of hydrogen-bond donors (Lipinski definition) is 1. The van der Waals surface area contributed by atoms with E-state index >= 15 is 0 Å². The molecular weight excluding hydrogens is 300 g/mol. The Bertz CT molecular complexity index is 388. The van der Waals surface area contributed by atoms with Crippen molar-refractivity contribution in [3.05, 3.63) is 34.3 Å². The van der Waals surface area contributed by atoms with Crippen LogP contribution >= 0.6 is 15.9 Å². The quantitative estimate of drug-likeness (QED) is 0.855. The lowest BCUT2D eigenvalue weighted by Crippen LogP contribution is -2.32. The number of nitrogens with one attached hydrogen (secondary N) is 1. The van der Waals surface area contributed by atoms with E-state index in [0.717, 1.165) is 11.0 Å². The molecule has 3 heteroatoms. The van der Waals surface area contributed by atoms with E-state index in [1.807, 2.05) is 0 Å². The van der Waals surface area contributed by atoms with E-state index in [1.54, 1.807) is 0 Å². The minimum absolute atomic E-state index is 0.415. The summed E-state index contributed by atoms with van der Waals surface area (Å²) in [6.45, 7) is 9.50. The molecule has 19 heavy (non-hydrogen) atoms. The molecule has 0 amide bonds. The van der Waals surface area contributed by atoms with Gasteiger partial charge in [0.05, 0.1) is 0 Å². The molecule has 2 nitrogen and oxygen atoms in total. The molecule has 0 spiro atoms. The van der Waals surface area contributed by atoms with E-state index in [1.165, 1.54) is 38.0 Å². The van der Waals surface area contributed by atoms with Crippen LogP contribution in [0.15, 0.2) is 28.7 Å². The molecule has 2 atom stereocenters. The summed E-state index contributed by atoms with van der Waals surface area (Å²) in [6.07, 6.45) is 2.77. The first-order valence-electron chi connectivity index (χ1n) is 7.36. The van der Waals surface area contributed by atoms with Gasteiger partial charge in [0.1, 0.15) is 0 Å². The largest absolute Gasteiger partial charge is 0.310 e. The van der Waals surface area contributed by atoms with Crippen molar-refractivity contribution in [1.82, 2.24) is 10.2 Å². The highest BCUT2D eigenvalue weighted by Crippen LogP contribution is 2.18. The number of benzene rings is 1. The van der Waals surface area contributed by atoms with Crippen LogP contribution in [0.2, 0.25) is 0 Å². The minimum Gasteiger partial charge on any atom is -0.310 e. The lowest BCUT2D eigenvalue weighted by molar-refractivity contribution is 0.279. The van der Waals surface area contributed by atoms with Gasteiger partial charge in [-0.05, 0) is 63.0 Å². The molecule has 2 unspecified atom stereocenters. The Morgan fingerprint density at radius 2 is 2.00 bits per heavy atom. The van der Waals surface area contributed by atoms with Crippen LogP contribution in [0.3, 0.4) is 0 Å². The molecule has 1 aromatic carbocycles. The van der Waals surface area contributed by atoms with Crippen molar-refractivity contribution in [2.24, 2.45) is 5.92 Å². The Morgan fingerprint density at radius 1 is 1.26 bits per heavy atom. The van der Waals surface area contributed by atoms with Gasteiger partial charge in [-0.15, -0.1) is 0 Å². The van der Waals surface area contributed by atoms with Crippen LogP contribution in [0.25, 0.3) is 0 Å². The summed E-state index contributed by atoms with van der Waals surface area (Å²) in [5.41, 5.74) is 1.35. The van der Waals surface area contributed by atoms with Gasteiger partial charge in [0.25, 0.3) is 0 Å². The van der Waals surface area contributed by atoms with Gasteiger partial charge in [-0.1, -0.05) is 35.0 Å². The fourth-order valence-electron chi connectivity index (χ4n) is 2.74. The molecule has 1 N–H and O–H groups in total. The highest BCUT2D eigenvalue weighted by Gasteiger charge is 2.15. The molecule has 0 bridgehead atoms. The highest BCUT2D eigenvalue weighted by atomic mass is 79.9. The van der Waals surface area contributed by atoms with E-state index in [4.69, 9.17) is 0 Å². The van der Waals surface area contributed by atoms with Crippen molar-refractivity contribution < 1.29 is 0 Å². The first kappa shape index (κ1) is 15.0. The van der Waals surface area contributed by atoms with Crippen LogP contribution in [0.5, 0.6) is 0 Å². The van der Waals surface area contributed by atoms with Gasteiger partial charge in [0.2, 0.25) is 0 Å². The van der Waals surface area contributed by atoms with Crippen LogP contribution in [0.4, 0.5) is 0 Å². The molecule has 1 aliphatic rings. The van der Waals surface area contributed by atoms with Gasteiger partial charge >= 0.3 is 0 Å². The summed E-state index contributed by atoms with van der Waals surface area (Å²) in [5, 5.41) is 3.65. The summed E-state index contributed by atoms with van der Waals surface area (Å²) in [4.78, 5) is 2.59. The fourth-order valence-corrected chi connectivity index (χ4v) is 3.16. The number of rotatable bonds is 6. The standard InChI is InChI=1S/C16H25BrN2/c1-13(12-19-8-3-4-9-19)11-18-14(2)15-6-5-7-16(17)10-15/h5-7,10,13-14,18H,3-4,8-9,11-12H2,1-2H3. The molecule has 1 fully saturated rings. The third-order valence-electron chi connectivity index (χ3n) is 3.89. The maximum atomic E-state index is 3.65. The van der Waals surface area contributed by atoms with Gasteiger partial charge in [-0.25, -0.2) is 0 Å². The zero-order chi connectivity index (χ0) is 13.7. The lowest BCUT2D eigenvalue weighted by atomic mass is 10.1. The topological polar surface area (TPSA) is 15.3 Å². The van der Waals surface area contributed by atoms with Gasteiger partial charge in [0, 0.05) is 17.1 Å². The summed E-state index contributed by atoms with van der Waals surface area (Å²) >= 11 is 3.53. The zero-order valence-corrected chi connectivity index (χ0v) is 13.6. The average molecular weight is 325 g/mol. The van der Waals surface area contributed by atoms with Crippen LogP contribution in [-0.2, 0) is 0 Å². The second kappa shape index (κ2) is 7.41. The first-order chi connectivity index (χ1) is 9.15. The summed E-state index contributed by atoms with van der Waals surface area (Å²) in [5.74, 6) is 0.715. The molecule has 0 aliphatic carbocycles. The highest BCUT2D eigenvalue weighted by molar-refractivity contribution is 9.10. The summed E-state index contributed by atoms with van der Waals surface area (Å²) in [6, 6.07) is 8.98. The van der Waals surface area contributed by atoms with Crippen LogP contribution in [-0.4, -0.2) is 31.1 Å². The normalized spacial score (nSPS) is 19.5. The Kier molecular flexibility index (Phi) is 5.86. The molecule has 1 heterocycles. The number of halogens is 1. The summed E-state index contributed by atoms with van der Waals surface area (Å²) < 4.78 is 1.16. The van der Waals surface area contributed by atoms with E-state index < -0.39 is 0 Å². The van der Waals surface area contributed by atoms with Crippen molar-refractivity contribution in [2.75, 3.05) is 26.2 Å². The molecule has 1 saturated heterocycles.